The monoisotopic (exact) mass is 657 g/mol. The Labute approximate surface area is 277 Å². The molecule has 0 bridgehead atoms. The Morgan fingerprint density at radius 2 is 1.60 bits per heavy atom. The van der Waals surface area contributed by atoms with Crippen molar-refractivity contribution in [2.75, 3.05) is 67.1 Å². The van der Waals surface area contributed by atoms with Crippen LogP contribution in [0.15, 0.2) is 65.6 Å². The summed E-state index contributed by atoms with van der Waals surface area (Å²) < 4.78 is 22.7. The standard InChI is InChI=1S/C34H43N3O6S.ClH/c1-24(38)37(4)34(33(39)36(3)28-12-8-9-13-32(28)44-34)27-23-26(40-5)15-17-29(27)43-21-11-10-19-35(2)20-18-25-14-16-30(41-6)31(22-25)42-7;/h8-9,12-17,22-23H,10-11,18-21H2,1-7H3;1H. The second kappa shape index (κ2) is 16.1. The highest BCUT2D eigenvalue weighted by molar-refractivity contribution is 8.01. The molecule has 244 valence electrons. The van der Waals surface area contributed by atoms with Gasteiger partial charge in [-0.15, -0.1) is 12.4 Å². The van der Waals surface area contributed by atoms with Gasteiger partial charge < -0.3 is 33.6 Å². The summed E-state index contributed by atoms with van der Waals surface area (Å²) in [6.45, 7) is 3.76. The second-order valence-electron chi connectivity index (χ2n) is 10.8. The van der Waals surface area contributed by atoms with E-state index in [9.17, 15) is 9.59 Å². The van der Waals surface area contributed by atoms with Crippen molar-refractivity contribution in [1.82, 2.24) is 9.80 Å². The summed E-state index contributed by atoms with van der Waals surface area (Å²) in [5.74, 6) is 2.13. The molecule has 1 aliphatic heterocycles. The summed E-state index contributed by atoms with van der Waals surface area (Å²) in [4.78, 5) is 32.0. The molecule has 0 spiro atoms. The van der Waals surface area contributed by atoms with Crippen molar-refractivity contribution in [2.24, 2.45) is 0 Å². The van der Waals surface area contributed by atoms with E-state index in [2.05, 4.69) is 18.0 Å². The highest BCUT2D eigenvalue weighted by Gasteiger charge is 2.53. The van der Waals surface area contributed by atoms with Crippen LogP contribution < -0.4 is 23.8 Å². The van der Waals surface area contributed by atoms with Crippen LogP contribution in [0.5, 0.6) is 23.0 Å². The molecule has 1 unspecified atom stereocenters. The topological polar surface area (TPSA) is 80.8 Å². The molecular formula is C34H44ClN3O6S. The molecule has 3 aromatic rings. The third-order valence-corrected chi connectivity index (χ3v) is 9.53. The summed E-state index contributed by atoms with van der Waals surface area (Å²) in [5, 5.41) is 0. The van der Waals surface area contributed by atoms with Gasteiger partial charge in [0.25, 0.3) is 5.91 Å². The number of halogens is 1. The van der Waals surface area contributed by atoms with Crippen LogP contribution in [0.1, 0.15) is 30.9 Å². The maximum atomic E-state index is 14.2. The van der Waals surface area contributed by atoms with E-state index in [1.54, 1.807) is 40.3 Å². The first-order valence-corrected chi connectivity index (χ1v) is 15.5. The van der Waals surface area contributed by atoms with Gasteiger partial charge in [-0.1, -0.05) is 30.0 Å². The minimum absolute atomic E-state index is 0. The minimum Gasteiger partial charge on any atom is -0.497 e. The first-order chi connectivity index (χ1) is 21.2. The van der Waals surface area contributed by atoms with E-state index in [1.165, 1.54) is 29.1 Å². The lowest BCUT2D eigenvalue weighted by atomic mass is 10.00. The zero-order valence-corrected chi connectivity index (χ0v) is 28.8. The first-order valence-electron chi connectivity index (χ1n) is 14.7. The molecule has 1 heterocycles. The second-order valence-corrected chi connectivity index (χ2v) is 12.1. The number of thioether (sulfide) groups is 1. The van der Waals surface area contributed by atoms with Gasteiger partial charge in [-0.2, -0.15) is 0 Å². The Morgan fingerprint density at radius 3 is 2.29 bits per heavy atom. The van der Waals surface area contributed by atoms with Gasteiger partial charge in [0.05, 0.1) is 33.6 Å². The Morgan fingerprint density at radius 1 is 0.889 bits per heavy atom. The Kier molecular flexibility index (Phi) is 12.8. The predicted octanol–water partition coefficient (Wildman–Crippen LogP) is 5.87. The molecule has 0 aromatic heterocycles. The molecule has 2 amide bonds. The SMILES string of the molecule is COc1ccc(OCCCCN(C)CCc2ccc(OC)c(OC)c2)c(C2(N(C)C(C)=O)Sc3ccccc3N(C)C2=O)c1.Cl. The number of likely N-dealkylation sites (N-methyl/N-ethyl adjacent to an activating group) is 3. The summed E-state index contributed by atoms with van der Waals surface area (Å²) in [6.07, 6.45) is 2.67. The lowest BCUT2D eigenvalue weighted by Crippen LogP contribution is -2.56. The molecule has 4 rings (SSSR count). The summed E-state index contributed by atoms with van der Waals surface area (Å²) in [7, 11) is 10.4. The summed E-state index contributed by atoms with van der Waals surface area (Å²) >= 11 is 1.35. The van der Waals surface area contributed by atoms with E-state index < -0.39 is 4.87 Å². The van der Waals surface area contributed by atoms with E-state index >= 15 is 0 Å². The number of carbonyl (C=O) groups is 2. The number of carbonyl (C=O) groups excluding carboxylic acids is 2. The van der Waals surface area contributed by atoms with E-state index in [1.807, 2.05) is 54.6 Å². The van der Waals surface area contributed by atoms with Crippen LogP contribution in [0, 0.1) is 0 Å². The number of methoxy groups -OCH3 is 3. The first kappa shape index (κ1) is 35.9. The smallest absolute Gasteiger partial charge is 0.268 e. The van der Waals surface area contributed by atoms with Gasteiger partial charge in [-0.3, -0.25) is 9.59 Å². The van der Waals surface area contributed by atoms with E-state index in [4.69, 9.17) is 18.9 Å². The number of unbranched alkanes of at least 4 members (excludes halogenated alkanes) is 1. The Bertz CT molecular complexity index is 1470. The molecule has 0 saturated heterocycles. The van der Waals surface area contributed by atoms with Gasteiger partial charge in [0, 0.05) is 38.0 Å². The molecule has 3 aromatic carbocycles. The van der Waals surface area contributed by atoms with Crippen LogP contribution in [0.4, 0.5) is 5.69 Å². The zero-order valence-electron chi connectivity index (χ0n) is 27.1. The van der Waals surface area contributed by atoms with Crippen LogP contribution in [-0.2, 0) is 20.9 Å². The van der Waals surface area contributed by atoms with Crippen LogP contribution in [0.2, 0.25) is 0 Å². The zero-order chi connectivity index (χ0) is 31.9. The van der Waals surface area contributed by atoms with Crippen molar-refractivity contribution in [3.8, 4) is 23.0 Å². The van der Waals surface area contributed by atoms with Gasteiger partial charge in [-0.05, 0) is 80.9 Å². The van der Waals surface area contributed by atoms with Crippen molar-refractivity contribution in [1.29, 1.82) is 0 Å². The lowest BCUT2D eigenvalue weighted by Gasteiger charge is -2.46. The van der Waals surface area contributed by atoms with E-state index in [-0.39, 0.29) is 24.2 Å². The lowest BCUT2D eigenvalue weighted by molar-refractivity contribution is -0.138. The predicted molar refractivity (Wildman–Crippen MR) is 182 cm³/mol. The van der Waals surface area contributed by atoms with Gasteiger partial charge in [0.2, 0.25) is 10.8 Å². The van der Waals surface area contributed by atoms with Crippen molar-refractivity contribution in [2.45, 2.75) is 36.0 Å². The largest absolute Gasteiger partial charge is 0.497 e. The minimum atomic E-state index is -1.37. The molecule has 9 nitrogen and oxygen atoms in total. The molecule has 11 heteroatoms. The Hall–Kier alpha value is -3.60. The number of fused-ring (bicyclic) bond motifs is 1. The number of anilines is 1. The van der Waals surface area contributed by atoms with Crippen molar-refractivity contribution in [3.05, 3.63) is 71.8 Å². The number of para-hydroxylation sites is 1. The fourth-order valence-corrected chi connectivity index (χ4v) is 6.84. The van der Waals surface area contributed by atoms with Crippen LogP contribution in [0.25, 0.3) is 0 Å². The fraction of sp³-hybridized carbons (Fsp3) is 0.412. The molecule has 45 heavy (non-hydrogen) atoms. The molecular weight excluding hydrogens is 614 g/mol. The number of ether oxygens (including phenoxy) is 4. The van der Waals surface area contributed by atoms with Crippen molar-refractivity contribution < 1.29 is 28.5 Å². The van der Waals surface area contributed by atoms with Crippen molar-refractivity contribution >= 4 is 41.7 Å². The molecule has 1 atom stereocenters. The number of benzene rings is 3. The highest BCUT2D eigenvalue weighted by atomic mass is 35.5. The molecule has 0 fully saturated rings. The molecule has 0 saturated carbocycles. The number of hydrogen-bond acceptors (Lipinski definition) is 8. The maximum absolute atomic E-state index is 14.2. The average Bonchev–Trinajstić information content (AvgIpc) is 3.04. The van der Waals surface area contributed by atoms with Crippen LogP contribution >= 0.6 is 24.2 Å². The van der Waals surface area contributed by atoms with Crippen molar-refractivity contribution in [3.63, 3.8) is 0 Å². The van der Waals surface area contributed by atoms with E-state index in [0.29, 0.717) is 23.7 Å². The molecule has 0 radical (unpaired) electrons. The summed E-state index contributed by atoms with van der Waals surface area (Å²) in [6, 6.07) is 19.2. The average molecular weight is 658 g/mol. The number of rotatable bonds is 14. The van der Waals surface area contributed by atoms with Gasteiger partial charge in [0.15, 0.2) is 11.5 Å². The highest BCUT2D eigenvalue weighted by Crippen LogP contribution is 2.54. The molecule has 0 aliphatic carbocycles. The molecule has 0 N–H and O–H groups in total. The van der Waals surface area contributed by atoms with Gasteiger partial charge >= 0.3 is 0 Å². The van der Waals surface area contributed by atoms with E-state index in [0.717, 1.165) is 54.4 Å². The Balaban J connectivity index is 0.00000552. The third-order valence-electron chi connectivity index (χ3n) is 8.00. The third kappa shape index (κ3) is 7.80. The van der Waals surface area contributed by atoms with Gasteiger partial charge in [-0.25, -0.2) is 0 Å². The van der Waals surface area contributed by atoms with Crippen LogP contribution in [0.3, 0.4) is 0 Å². The number of nitrogens with zero attached hydrogens (tertiary/aromatic N) is 3. The number of hydrogen-bond donors (Lipinski definition) is 0. The fourth-order valence-electron chi connectivity index (χ4n) is 5.31. The molecule has 1 aliphatic rings. The summed E-state index contributed by atoms with van der Waals surface area (Å²) in [5.41, 5.74) is 2.58. The normalized spacial score (nSPS) is 15.6. The van der Waals surface area contributed by atoms with Crippen LogP contribution in [-0.4, -0.2) is 83.8 Å². The maximum Gasteiger partial charge on any atom is 0.268 e. The number of amides is 2. The quantitative estimate of drug-likeness (QED) is 0.199. The van der Waals surface area contributed by atoms with Gasteiger partial charge in [0.1, 0.15) is 11.5 Å².